The molecule has 166 valence electrons. The van der Waals surface area contributed by atoms with Crippen molar-refractivity contribution in [2.75, 3.05) is 16.8 Å². The van der Waals surface area contributed by atoms with Crippen LogP contribution in [0.1, 0.15) is 24.0 Å². The van der Waals surface area contributed by atoms with Crippen molar-refractivity contribution in [2.45, 2.75) is 25.8 Å². The smallest absolute Gasteiger partial charge is 0.326 e. The maximum atomic E-state index is 12.6. The van der Waals surface area contributed by atoms with E-state index in [4.69, 9.17) is 0 Å². The highest BCUT2D eigenvalue weighted by atomic mass is 16.2. The van der Waals surface area contributed by atoms with Gasteiger partial charge in [-0.25, -0.2) is 9.48 Å². The van der Waals surface area contributed by atoms with Gasteiger partial charge >= 0.3 is 5.69 Å². The van der Waals surface area contributed by atoms with Crippen molar-refractivity contribution >= 4 is 28.8 Å². The topological polar surface area (TPSA) is 88.7 Å². The molecule has 1 aliphatic heterocycles. The van der Waals surface area contributed by atoms with Gasteiger partial charge in [0.25, 0.3) is 0 Å². The number of para-hydroxylation sites is 1. The third kappa shape index (κ3) is 4.27. The van der Waals surface area contributed by atoms with Gasteiger partial charge in [-0.15, -0.1) is 5.10 Å². The van der Waals surface area contributed by atoms with E-state index in [1.54, 1.807) is 29.3 Å². The van der Waals surface area contributed by atoms with E-state index in [1.807, 2.05) is 48.5 Å². The Hall–Kier alpha value is -4.20. The minimum absolute atomic E-state index is 0.0430. The molecule has 33 heavy (non-hydrogen) atoms. The van der Waals surface area contributed by atoms with Crippen LogP contribution in [0.2, 0.25) is 0 Å². The molecule has 2 aromatic carbocycles. The Morgan fingerprint density at radius 1 is 0.970 bits per heavy atom. The molecule has 0 saturated heterocycles. The molecular formula is C25H23N5O3. The fourth-order valence-corrected chi connectivity index (χ4v) is 4.17. The highest BCUT2D eigenvalue weighted by molar-refractivity contribution is 5.98. The van der Waals surface area contributed by atoms with Crippen molar-refractivity contribution in [1.29, 1.82) is 0 Å². The predicted octanol–water partition coefficient (Wildman–Crippen LogP) is 2.85. The summed E-state index contributed by atoms with van der Waals surface area (Å²) in [5, 5.41) is 7.24. The lowest BCUT2D eigenvalue weighted by Crippen LogP contribution is -2.37. The van der Waals surface area contributed by atoms with Gasteiger partial charge in [0, 0.05) is 37.0 Å². The van der Waals surface area contributed by atoms with Crippen LogP contribution in [-0.2, 0) is 22.6 Å². The Bertz CT molecular complexity index is 1400. The summed E-state index contributed by atoms with van der Waals surface area (Å²) in [4.78, 5) is 39.2. The van der Waals surface area contributed by atoms with Crippen LogP contribution >= 0.6 is 0 Å². The van der Waals surface area contributed by atoms with E-state index in [1.165, 1.54) is 9.08 Å². The van der Waals surface area contributed by atoms with Gasteiger partial charge < -0.3 is 10.2 Å². The van der Waals surface area contributed by atoms with E-state index < -0.39 is 0 Å². The number of rotatable bonds is 6. The van der Waals surface area contributed by atoms with E-state index in [0.717, 1.165) is 23.2 Å². The van der Waals surface area contributed by atoms with Crippen LogP contribution in [0.3, 0.4) is 0 Å². The van der Waals surface area contributed by atoms with Crippen molar-refractivity contribution in [3.8, 4) is 0 Å². The van der Waals surface area contributed by atoms with E-state index in [9.17, 15) is 14.4 Å². The molecule has 0 aliphatic carbocycles. The Morgan fingerprint density at radius 3 is 2.70 bits per heavy atom. The fraction of sp³-hybridized carbons (Fsp3) is 0.200. The Kier molecular flexibility index (Phi) is 5.48. The predicted molar refractivity (Wildman–Crippen MR) is 125 cm³/mol. The second-order valence-electron chi connectivity index (χ2n) is 8.04. The van der Waals surface area contributed by atoms with Crippen LogP contribution in [0, 0.1) is 0 Å². The lowest BCUT2D eigenvalue weighted by Gasteiger charge is -2.29. The summed E-state index contributed by atoms with van der Waals surface area (Å²) in [7, 11) is 0. The highest BCUT2D eigenvalue weighted by Crippen LogP contribution is 2.27. The number of carbonyl (C=O) groups is 2. The Labute approximate surface area is 190 Å². The molecule has 0 unspecified atom stereocenters. The number of nitrogens with one attached hydrogen (secondary N) is 1. The van der Waals surface area contributed by atoms with Gasteiger partial charge in [0.1, 0.15) is 0 Å². The van der Waals surface area contributed by atoms with Crippen LogP contribution in [0.15, 0.2) is 77.7 Å². The number of hydrogen-bond acceptors (Lipinski definition) is 4. The number of hydrogen-bond donors (Lipinski definition) is 1. The number of aryl methyl sites for hydroxylation is 1. The first-order chi connectivity index (χ1) is 16.1. The van der Waals surface area contributed by atoms with Crippen LogP contribution in [0.5, 0.6) is 0 Å². The normalized spacial score (nSPS) is 13.2. The standard InChI is InChI=1S/C25H23N5O3/c31-23(13-15-28-21-9-2-1-7-19(21)11-12-24(28)32)26-20-8-5-6-18(16-20)17-30-25(33)29-14-4-3-10-22(29)27-30/h1-10,14,16H,11-13,15,17H2,(H,26,31). The number of nitrogens with zero attached hydrogens (tertiary/aromatic N) is 4. The minimum Gasteiger partial charge on any atom is -0.326 e. The molecule has 0 atom stereocenters. The quantitative estimate of drug-likeness (QED) is 0.498. The van der Waals surface area contributed by atoms with E-state index in [-0.39, 0.29) is 23.9 Å². The monoisotopic (exact) mass is 441 g/mol. The van der Waals surface area contributed by atoms with Gasteiger partial charge in [-0.1, -0.05) is 36.4 Å². The molecule has 0 fully saturated rings. The third-order valence-corrected chi connectivity index (χ3v) is 5.79. The van der Waals surface area contributed by atoms with Crippen LogP contribution in [0.25, 0.3) is 5.65 Å². The molecule has 0 bridgehead atoms. The van der Waals surface area contributed by atoms with E-state index in [0.29, 0.717) is 30.8 Å². The minimum atomic E-state index is -0.216. The van der Waals surface area contributed by atoms with Crippen LogP contribution < -0.4 is 15.9 Å². The van der Waals surface area contributed by atoms with Crippen molar-refractivity contribution in [3.63, 3.8) is 0 Å². The van der Waals surface area contributed by atoms with E-state index in [2.05, 4.69) is 10.4 Å². The molecule has 0 radical (unpaired) electrons. The van der Waals surface area contributed by atoms with Crippen molar-refractivity contribution in [3.05, 3.63) is 94.5 Å². The summed E-state index contributed by atoms with van der Waals surface area (Å²) < 4.78 is 2.89. The average Bonchev–Trinajstić information content (AvgIpc) is 3.14. The largest absolute Gasteiger partial charge is 0.350 e. The summed E-state index contributed by atoms with van der Waals surface area (Å²) >= 11 is 0. The lowest BCUT2D eigenvalue weighted by molar-refractivity contribution is -0.119. The van der Waals surface area contributed by atoms with Gasteiger partial charge in [0.2, 0.25) is 11.8 Å². The number of amides is 2. The molecule has 3 heterocycles. The van der Waals surface area contributed by atoms with Crippen LogP contribution in [-0.4, -0.2) is 32.5 Å². The fourth-order valence-electron chi connectivity index (χ4n) is 4.17. The number of aromatic nitrogens is 3. The first-order valence-electron chi connectivity index (χ1n) is 10.9. The summed E-state index contributed by atoms with van der Waals surface area (Å²) in [6.07, 6.45) is 3.07. The molecule has 0 saturated carbocycles. The van der Waals surface area contributed by atoms with Crippen molar-refractivity contribution in [1.82, 2.24) is 14.2 Å². The second-order valence-corrected chi connectivity index (χ2v) is 8.04. The molecule has 0 spiro atoms. The molecule has 8 heteroatoms. The van der Waals surface area contributed by atoms with Crippen LogP contribution in [0.4, 0.5) is 11.4 Å². The van der Waals surface area contributed by atoms with Gasteiger partial charge in [-0.05, 0) is 47.9 Å². The zero-order valence-electron chi connectivity index (χ0n) is 18.0. The lowest BCUT2D eigenvalue weighted by atomic mass is 10.0. The molecule has 4 aromatic rings. The van der Waals surface area contributed by atoms with Crippen molar-refractivity contribution < 1.29 is 9.59 Å². The molecule has 8 nitrogen and oxygen atoms in total. The van der Waals surface area contributed by atoms with Gasteiger partial charge in [-0.3, -0.25) is 14.0 Å². The third-order valence-electron chi connectivity index (χ3n) is 5.79. The van der Waals surface area contributed by atoms with E-state index >= 15 is 0 Å². The zero-order chi connectivity index (χ0) is 22.8. The number of benzene rings is 2. The Balaban J connectivity index is 1.24. The summed E-state index contributed by atoms with van der Waals surface area (Å²) in [6.45, 7) is 0.626. The van der Waals surface area contributed by atoms with Crippen molar-refractivity contribution in [2.24, 2.45) is 0 Å². The molecule has 2 amide bonds. The maximum Gasteiger partial charge on any atom is 0.350 e. The summed E-state index contributed by atoms with van der Waals surface area (Å²) in [6, 6.07) is 20.6. The molecule has 2 aromatic heterocycles. The zero-order valence-corrected chi connectivity index (χ0v) is 18.0. The number of pyridine rings is 1. The molecule has 1 N–H and O–H groups in total. The Morgan fingerprint density at radius 2 is 1.82 bits per heavy atom. The second kappa shape index (κ2) is 8.74. The molecule has 1 aliphatic rings. The average molecular weight is 441 g/mol. The van der Waals surface area contributed by atoms with Gasteiger partial charge in [0.05, 0.1) is 6.54 Å². The first kappa shape index (κ1) is 20.7. The van der Waals surface area contributed by atoms with Gasteiger partial charge in [-0.2, -0.15) is 0 Å². The maximum absolute atomic E-state index is 12.6. The number of fused-ring (bicyclic) bond motifs is 2. The number of carbonyl (C=O) groups excluding carboxylic acids is 2. The summed E-state index contributed by atoms with van der Waals surface area (Å²) in [5.74, 6) is -0.130. The molecule has 5 rings (SSSR count). The van der Waals surface area contributed by atoms with Gasteiger partial charge in [0.15, 0.2) is 5.65 Å². The summed E-state index contributed by atoms with van der Waals surface area (Å²) in [5.41, 5.74) is 3.87. The SMILES string of the molecule is O=C(CCN1C(=O)CCc2ccccc21)Nc1cccc(Cn2nc3ccccn3c2=O)c1. The highest BCUT2D eigenvalue weighted by Gasteiger charge is 2.24. The molecular weight excluding hydrogens is 418 g/mol. The first-order valence-corrected chi connectivity index (χ1v) is 10.9. The number of anilines is 2.